The maximum absolute atomic E-state index is 5.60. The molecule has 2 aliphatic heterocycles. The summed E-state index contributed by atoms with van der Waals surface area (Å²) in [6, 6.07) is 15.1. The van der Waals surface area contributed by atoms with E-state index in [2.05, 4.69) is 50.9 Å². The predicted octanol–water partition coefficient (Wildman–Crippen LogP) is 3.62. The Labute approximate surface area is 202 Å². The van der Waals surface area contributed by atoms with Crippen molar-refractivity contribution in [2.24, 2.45) is 4.99 Å². The van der Waals surface area contributed by atoms with Crippen LogP contribution in [-0.2, 0) is 12.8 Å². The number of benzene rings is 2. The second kappa shape index (κ2) is 11.5. The van der Waals surface area contributed by atoms with E-state index >= 15 is 0 Å². The molecule has 4 rings (SSSR count). The monoisotopic (exact) mass is 536 g/mol. The predicted molar refractivity (Wildman–Crippen MR) is 137 cm³/mol. The molecule has 2 heterocycles. The molecule has 1 atom stereocenters. The van der Waals surface area contributed by atoms with E-state index in [4.69, 9.17) is 9.47 Å². The smallest absolute Gasteiger partial charge is 0.191 e. The summed E-state index contributed by atoms with van der Waals surface area (Å²) in [6.45, 7) is 3.64. The average Bonchev–Trinajstić information content (AvgIpc) is 3.26. The highest BCUT2D eigenvalue weighted by Gasteiger charge is 2.22. The number of methoxy groups -OCH3 is 1. The van der Waals surface area contributed by atoms with Crippen molar-refractivity contribution in [1.29, 1.82) is 0 Å². The first-order valence-corrected chi connectivity index (χ1v) is 10.9. The third-order valence-electron chi connectivity index (χ3n) is 5.87. The Morgan fingerprint density at radius 1 is 1.26 bits per heavy atom. The normalized spacial score (nSPS) is 17.9. The standard InChI is InChI=1S/C24H32N4O2.HI/c1-25-24(26-13-11-18-9-10-22-19(16-18)12-15-30-22)27-20-6-5-14-28(17-20)21-7-3-4-8-23(21)29-2;/h3-4,7-10,16,20H,5-6,11-15,17H2,1-2H3,(H2,25,26,27);1H. The molecule has 1 unspecified atom stereocenters. The number of nitrogens with one attached hydrogen (secondary N) is 2. The van der Waals surface area contributed by atoms with Gasteiger partial charge in [0.2, 0.25) is 0 Å². The Kier molecular flexibility index (Phi) is 8.69. The van der Waals surface area contributed by atoms with Crippen molar-refractivity contribution in [1.82, 2.24) is 10.6 Å². The van der Waals surface area contributed by atoms with Crippen LogP contribution in [0.3, 0.4) is 0 Å². The van der Waals surface area contributed by atoms with Crippen LogP contribution in [0.2, 0.25) is 0 Å². The van der Waals surface area contributed by atoms with Crippen LogP contribution in [0, 0.1) is 0 Å². The molecule has 2 aromatic carbocycles. The van der Waals surface area contributed by atoms with E-state index in [9.17, 15) is 0 Å². The van der Waals surface area contributed by atoms with E-state index in [0.717, 1.165) is 75.1 Å². The lowest BCUT2D eigenvalue weighted by Gasteiger charge is -2.36. The second-order valence-corrected chi connectivity index (χ2v) is 7.89. The van der Waals surface area contributed by atoms with Gasteiger partial charge in [-0.1, -0.05) is 24.3 Å². The summed E-state index contributed by atoms with van der Waals surface area (Å²) in [5, 5.41) is 7.08. The SMILES string of the molecule is CN=C(NCCc1ccc2c(c1)CCO2)NC1CCCN(c2ccccc2OC)C1.I. The van der Waals surface area contributed by atoms with E-state index in [1.807, 2.05) is 19.2 Å². The fourth-order valence-corrected chi connectivity index (χ4v) is 4.31. The van der Waals surface area contributed by atoms with Crippen LogP contribution in [0.1, 0.15) is 24.0 Å². The topological polar surface area (TPSA) is 58.1 Å². The van der Waals surface area contributed by atoms with E-state index in [1.165, 1.54) is 11.1 Å². The molecule has 0 amide bonds. The summed E-state index contributed by atoms with van der Waals surface area (Å²) in [6.07, 6.45) is 4.26. The van der Waals surface area contributed by atoms with Gasteiger partial charge >= 0.3 is 0 Å². The second-order valence-electron chi connectivity index (χ2n) is 7.89. The van der Waals surface area contributed by atoms with Crippen molar-refractivity contribution >= 4 is 35.6 Å². The van der Waals surface area contributed by atoms with Crippen LogP contribution in [0.25, 0.3) is 0 Å². The summed E-state index contributed by atoms with van der Waals surface area (Å²) >= 11 is 0. The summed E-state index contributed by atoms with van der Waals surface area (Å²) in [4.78, 5) is 6.84. The Bertz CT molecular complexity index is 890. The number of guanidine groups is 1. The Morgan fingerprint density at radius 2 is 2.13 bits per heavy atom. The maximum atomic E-state index is 5.60. The van der Waals surface area contributed by atoms with E-state index in [1.54, 1.807) is 7.11 Å². The van der Waals surface area contributed by atoms with Gasteiger partial charge < -0.3 is 25.0 Å². The van der Waals surface area contributed by atoms with Gasteiger partial charge in [-0.15, -0.1) is 24.0 Å². The zero-order valence-electron chi connectivity index (χ0n) is 18.4. The summed E-state index contributed by atoms with van der Waals surface area (Å²) < 4.78 is 11.1. The molecule has 0 bridgehead atoms. The molecule has 0 saturated carbocycles. The van der Waals surface area contributed by atoms with E-state index < -0.39 is 0 Å². The van der Waals surface area contributed by atoms with E-state index in [0.29, 0.717) is 6.04 Å². The van der Waals surface area contributed by atoms with Gasteiger partial charge in [-0.2, -0.15) is 0 Å². The van der Waals surface area contributed by atoms with Crippen LogP contribution in [0.4, 0.5) is 5.69 Å². The number of hydrogen-bond donors (Lipinski definition) is 2. The molecule has 7 heteroatoms. The molecule has 2 aromatic rings. The molecule has 168 valence electrons. The minimum Gasteiger partial charge on any atom is -0.495 e. The fraction of sp³-hybridized carbons (Fsp3) is 0.458. The molecule has 0 aliphatic carbocycles. The van der Waals surface area contributed by atoms with Crippen molar-refractivity contribution in [2.45, 2.75) is 31.7 Å². The molecule has 31 heavy (non-hydrogen) atoms. The van der Waals surface area contributed by atoms with Crippen LogP contribution < -0.4 is 25.0 Å². The molecule has 0 radical (unpaired) electrons. The number of anilines is 1. The Balaban J connectivity index is 0.00000272. The lowest BCUT2D eigenvalue weighted by Crippen LogP contribution is -2.51. The number of fused-ring (bicyclic) bond motifs is 1. The zero-order valence-corrected chi connectivity index (χ0v) is 20.7. The van der Waals surface area contributed by atoms with Gasteiger partial charge in [0.15, 0.2) is 5.96 Å². The Hall–Kier alpha value is -2.16. The number of hydrogen-bond acceptors (Lipinski definition) is 4. The molecular weight excluding hydrogens is 503 g/mol. The average molecular weight is 536 g/mol. The largest absolute Gasteiger partial charge is 0.495 e. The molecule has 6 nitrogen and oxygen atoms in total. The first-order valence-electron chi connectivity index (χ1n) is 10.9. The van der Waals surface area contributed by atoms with Crippen LogP contribution in [-0.4, -0.2) is 52.4 Å². The van der Waals surface area contributed by atoms with E-state index in [-0.39, 0.29) is 24.0 Å². The van der Waals surface area contributed by atoms with Gasteiger partial charge in [-0.3, -0.25) is 4.99 Å². The first-order chi connectivity index (χ1) is 14.8. The summed E-state index contributed by atoms with van der Waals surface area (Å²) in [7, 11) is 3.57. The molecule has 2 aliphatic rings. The molecule has 2 N–H and O–H groups in total. The van der Waals surface area contributed by atoms with Crippen molar-refractivity contribution < 1.29 is 9.47 Å². The minimum atomic E-state index is 0. The van der Waals surface area contributed by atoms with Gasteiger partial charge in [0.05, 0.1) is 19.4 Å². The van der Waals surface area contributed by atoms with Gasteiger partial charge in [0.25, 0.3) is 0 Å². The molecule has 1 saturated heterocycles. The van der Waals surface area contributed by atoms with Crippen molar-refractivity contribution in [3.8, 4) is 11.5 Å². The number of rotatable bonds is 6. The number of para-hydroxylation sites is 2. The number of piperidine rings is 1. The summed E-state index contributed by atoms with van der Waals surface area (Å²) in [5.41, 5.74) is 3.82. The number of nitrogens with zero attached hydrogens (tertiary/aromatic N) is 2. The number of halogens is 1. The molecule has 0 spiro atoms. The minimum absolute atomic E-state index is 0. The van der Waals surface area contributed by atoms with Crippen LogP contribution in [0.5, 0.6) is 11.5 Å². The third kappa shape index (κ3) is 5.96. The first kappa shape index (κ1) is 23.5. The Morgan fingerprint density at radius 3 is 2.97 bits per heavy atom. The van der Waals surface area contributed by atoms with Crippen LogP contribution >= 0.6 is 24.0 Å². The lowest BCUT2D eigenvalue weighted by molar-refractivity contribution is 0.357. The highest BCUT2D eigenvalue weighted by Crippen LogP contribution is 2.30. The number of aliphatic imine (C=N–C) groups is 1. The molecular formula is C24H33IN4O2. The van der Waals surface area contributed by atoms with Gasteiger partial charge in [-0.25, -0.2) is 0 Å². The highest BCUT2D eigenvalue weighted by atomic mass is 127. The fourth-order valence-electron chi connectivity index (χ4n) is 4.31. The van der Waals surface area contributed by atoms with Crippen molar-refractivity contribution in [3.05, 3.63) is 53.6 Å². The summed E-state index contributed by atoms with van der Waals surface area (Å²) in [5.74, 6) is 2.84. The molecule has 1 fully saturated rings. The highest BCUT2D eigenvalue weighted by molar-refractivity contribution is 14.0. The van der Waals surface area contributed by atoms with Crippen molar-refractivity contribution in [3.63, 3.8) is 0 Å². The van der Waals surface area contributed by atoms with Gasteiger partial charge in [-0.05, 0) is 48.6 Å². The van der Waals surface area contributed by atoms with Crippen LogP contribution in [0.15, 0.2) is 47.5 Å². The maximum Gasteiger partial charge on any atom is 0.191 e. The quantitative estimate of drug-likeness (QED) is 0.336. The zero-order chi connectivity index (χ0) is 20.8. The lowest BCUT2D eigenvalue weighted by atomic mass is 10.0. The number of ether oxygens (including phenoxy) is 2. The third-order valence-corrected chi connectivity index (χ3v) is 5.87. The van der Waals surface area contributed by atoms with Gasteiger partial charge in [0, 0.05) is 39.1 Å². The molecule has 0 aromatic heterocycles. The van der Waals surface area contributed by atoms with Crippen molar-refractivity contribution in [2.75, 3.05) is 45.3 Å². The van der Waals surface area contributed by atoms with Gasteiger partial charge in [0.1, 0.15) is 11.5 Å².